The van der Waals surface area contributed by atoms with Gasteiger partial charge in [-0.25, -0.2) is 4.79 Å². The van der Waals surface area contributed by atoms with E-state index in [1.807, 2.05) is 6.92 Å². The molecule has 0 bridgehead atoms. The zero-order valence-corrected chi connectivity index (χ0v) is 11.4. The number of carbonyl (C=O) groups is 1. The third-order valence-electron chi connectivity index (χ3n) is 2.74. The molecule has 0 saturated carbocycles. The second kappa shape index (κ2) is 4.55. The van der Waals surface area contributed by atoms with E-state index >= 15 is 0 Å². The van der Waals surface area contributed by atoms with E-state index in [4.69, 9.17) is 0 Å². The van der Waals surface area contributed by atoms with Gasteiger partial charge in [0.25, 0.3) is 5.56 Å². The molecule has 18 heavy (non-hydrogen) atoms. The van der Waals surface area contributed by atoms with Crippen molar-refractivity contribution in [3.63, 3.8) is 0 Å². The van der Waals surface area contributed by atoms with Crippen LogP contribution in [0.3, 0.4) is 0 Å². The fourth-order valence-corrected chi connectivity index (χ4v) is 2.33. The van der Waals surface area contributed by atoms with E-state index < -0.39 is 5.97 Å². The smallest absolute Gasteiger partial charge is 0.317 e. The average Bonchev–Trinajstić information content (AvgIpc) is 2.65. The van der Waals surface area contributed by atoms with Crippen LogP contribution >= 0.6 is 9.39 Å². The van der Waals surface area contributed by atoms with Crippen LogP contribution in [0.1, 0.15) is 16.1 Å². The van der Waals surface area contributed by atoms with Gasteiger partial charge >= 0.3 is 5.97 Å². The Morgan fingerprint density at radius 2 is 2.11 bits per heavy atom. The Morgan fingerprint density at radius 1 is 1.44 bits per heavy atom. The Morgan fingerprint density at radius 3 is 2.72 bits per heavy atom. The van der Waals surface area contributed by atoms with E-state index in [1.54, 1.807) is 19.3 Å². The highest BCUT2D eigenvalue weighted by molar-refractivity contribution is 7.15. The summed E-state index contributed by atoms with van der Waals surface area (Å²) in [6.45, 7) is 1.87. The number of carbonyl (C=O) groups excluding carboxylic acids is 1. The van der Waals surface area contributed by atoms with Crippen molar-refractivity contribution in [2.45, 2.75) is 6.92 Å². The molecular formula is C11H13N2O4P. The van der Waals surface area contributed by atoms with Crippen LogP contribution in [-0.2, 0) is 16.8 Å². The Bertz CT molecular complexity index is 686. The molecule has 0 aliphatic carbocycles. The van der Waals surface area contributed by atoms with Crippen LogP contribution in [0.2, 0.25) is 0 Å². The van der Waals surface area contributed by atoms with Crippen LogP contribution in [0.4, 0.5) is 0 Å². The third kappa shape index (κ3) is 1.83. The molecular weight excluding hydrogens is 255 g/mol. The molecule has 0 aliphatic heterocycles. The van der Waals surface area contributed by atoms with Crippen LogP contribution in [0.5, 0.6) is 0 Å². The first-order valence-electron chi connectivity index (χ1n) is 5.19. The van der Waals surface area contributed by atoms with Crippen molar-refractivity contribution in [2.75, 3.05) is 7.11 Å². The lowest BCUT2D eigenvalue weighted by Crippen LogP contribution is -2.18. The first-order valence-corrected chi connectivity index (χ1v) is 5.70. The molecule has 2 heterocycles. The van der Waals surface area contributed by atoms with E-state index in [0.717, 1.165) is 10.9 Å². The molecule has 2 aromatic heterocycles. The van der Waals surface area contributed by atoms with Crippen molar-refractivity contribution < 1.29 is 14.6 Å². The minimum atomic E-state index is -0.648. The van der Waals surface area contributed by atoms with E-state index in [-0.39, 0.29) is 11.3 Å². The summed E-state index contributed by atoms with van der Waals surface area (Å²) in [5.74, 6) is -0.648. The number of aromatic nitrogens is 2. The van der Waals surface area contributed by atoms with Gasteiger partial charge in [0, 0.05) is 18.6 Å². The summed E-state index contributed by atoms with van der Waals surface area (Å²) in [7, 11) is 5.25. The second-order valence-corrected chi connectivity index (χ2v) is 4.44. The predicted molar refractivity (Wildman–Crippen MR) is 69.4 cm³/mol. The normalized spacial score (nSPS) is 10.9. The Labute approximate surface area is 105 Å². The average molecular weight is 268 g/mol. The molecule has 0 amide bonds. The van der Waals surface area contributed by atoms with Crippen LogP contribution < -0.4 is 5.56 Å². The highest BCUT2D eigenvalue weighted by Crippen LogP contribution is 2.22. The second-order valence-electron chi connectivity index (χ2n) is 3.93. The van der Waals surface area contributed by atoms with Gasteiger partial charge in [0.05, 0.1) is 7.11 Å². The molecule has 0 aliphatic rings. The molecule has 2 aromatic rings. The van der Waals surface area contributed by atoms with Crippen LogP contribution in [-0.4, -0.2) is 22.0 Å². The minimum Gasteiger partial charge on any atom is -0.317 e. The highest BCUT2D eigenvalue weighted by atomic mass is 31.0. The van der Waals surface area contributed by atoms with E-state index in [9.17, 15) is 9.59 Å². The summed E-state index contributed by atoms with van der Waals surface area (Å²) in [5.41, 5.74) is 1.40. The number of hydrogen-bond donors (Lipinski definition) is 0. The quantitative estimate of drug-likeness (QED) is 0.463. The lowest BCUT2D eigenvalue weighted by atomic mass is 10.2. The number of fused-ring (bicyclic) bond motifs is 1. The molecule has 6 nitrogen and oxygen atoms in total. The van der Waals surface area contributed by atoms with Gasteiger partial charge in [0.15, 0.2) is 0 Å². The number of nitrogens with zero attached hydrogens (tertiary/aromatic N) is 2. The van der Waals surface area contributed by atoms with E-state index in [2.05, 4.69) is 19.2 Å². The first-order chi connectivity index (χ1) is 8.47. The highest BCUT2D eigenvalue weighted by Gasteiger charge is 2.19. The van der Waals surface area contributed by atoms with Gasteiger partial charge in [0.1, 0.15) is 11.2 Å². The molecule has 96 valence electrons. The maximum Gasteiger partial charge on any atom is 0.389 e. The fraction of sp³-hybridized carbons (Fsp3) is 0.273. The van der Waals surface area contributed by atoms with Gasteiger partial charge in [-0.15, -0.1) is 0 Å². The van der Waals surface area contributed by atoms with Gasteiger partial charge in [-0.1, -0.05) is 0 Å². The van der Waals surface area contributed by atoms with Gasteiger partial charge in [-0.3, -0.25) is 9.68 Å². The van der Waals surface area contributed by atoms with Crippen molar-refractivity contribution >= 4 is 26.3 Å². The van der Waals surface area contributed by atoms with Crippen molar-refractivity contribution in [3.8, 4) is 0 Å². The van der Waals surface area contributed by atoms with Crippen molar-refractivity contribution in [3.05, 3.63) is 33.9 Å². The number of rotatable bonds is 2. The summed E-state index contributed by atoms with van der Waals surface area (Å²) in [4.78, 5) is 32.5. The SMILES string of the molecule is COOC(=O)c1cc2c(C)cn(C)c(=O)c2n1P. The lowest BCUT2D eigenvalue weighted by Gasteiger charge is -2.04. The lowest BCUT2D eigenvalue weighted by molar-refractivity contribution is -0.216. The summed E-state index contributed by atoms with van der Waals surface area (Å²) in [5, 5.41) is 0.719. The maximum absolute atomic E-state index is 12.0. The molecule has 0 fully saturated rings. The standard InChI is InChI=1S/C11H13N2O4P/c1-6-5-12(2)10(14)9-7(6)4-8(13(9)18)11(15)17-16-3/h4-5H,18H2,1-3H3. The monoisotopic (exact) mass is 268 g/mol. The molecule has 0 saturated heterocycles. The van der Waals surface area contributed by atoms with Gasteiger partial charge in [-0.05, 0) is 27.9 Å². The van der Waals surface area contributed by atoms with Gasteiger partial charge in [0.2, 0.25) is 0 Å². The topological polar surface area (TPSA) is 62.5 Å². The molecule has 2 rings (SSSR count). The van der Waals surface area contributed by atoms with Crippen molar-refractivity contribution in [2.24, 2.45) is 7.05 Å². The molecule has 0 aromatic carbocycles. The molecule has 0 spiro atoms. The zero-order valence-electron chi connectivity index (χ0n) is 10.3. The Balaban J connectivity index is 2.78. The molecule has 1 unspecified atom stereocenters. The van der Waals surface area contributed by atoms with Crippen LogP contribution in [0.25, 0.3) is 10.9 Å². The zero-order chi connectivity index (χ0) is 13.4. The fourth-order valence-electron chi connectivity index (χ4n) is 1.91. The molecule has 0 N–H and O–H groups in total. The number of hydrogen-bond acceptors (Lipinski definition) is 4. The minimum absolute atomic E-state index is 0.179. The summed E-state index contributed by atoms with van der Waals surface area (Å²) in [6, 6.07) is 1.61. The largest absolute Gasteiger partial charge is 0.389 e. The molecule has 7 heteroatoms. The molecule has 0 radical (unpaired) electrons. The summed E-state index contributed by atoms with van der Waals surface area (Å²) in [6.07, 6.45) is 1.72. The predicted octanol–water partition coefficient (Wildman–Crippen LogP) is 1.00. The first kappa shape index (κ1) is 12.8. The number of aryl methyl sites for hydroxylation is 2. The Hall–Kier alpha value is -1.65. The summed E-state index contributed by atoms with van der Waals surface area (Å²) >= 11 is 0. The van der Waals surface area contributed by atoms with Crippen molar-refractivity contribution in [1.29, 1.82) is 0 Å². The van der Waals surface area contributed by atoms with Crippen molar-refractivity contribution in [1.82, 2.24) is 8.90 Å². The van der Waals surface area contributed by atoms with E-state index in [0.29, 0.717) is 5.52 Å². The van der Waals surface area contributed by atoms with Crippen LogP contribution in [0, 0.1) is 6.92 Å². The molecule has 1 atom stereocenters. The third-order valence-corrected chi connectivity index (χ3v) is 3.28. The van der Waals surface area contributed by atoms with Gasteiger partial charge in [-0.2, -0.15) is 4.89 Å². The summed E-state index contributed by atoms with van der Waals surface area (Å²) < 4.78 is 2.91. The van der Waals surface area contributed by atoms with Crippen LogP contribution in [0.15, 0.2) is 17.1 Å². The van der Waals surface area contributed by atoms with E-state index in [1.165, 1.54) is 16.0 Å². The maximum atomic E-state index is 12.0. The number of pyridine rings is 1. The van der Waals surface area contributed by atoms with Gasteiger partial charge < -0.3 is 8.90 Å². The Kier molecular flexibility index (Phi) is 3.24.